The van der Waals surface area contributed by atoms with E-state index in [0.29, 0.717) is 24.0 Å². The third kappa shape index (κ3) is 4.04. The number of para-hydroxylation sites is 1. The Bertz CT molecular complexity index is 840. The summed E-state index contributed by atoms with van der Waals surface area (Å²) < 4.78 is 1.28. The van der Waals surface area contributed by atoms with E-state index in [1.807, 2.05) is 26.8 Å². The number of fused-ring (bicyclic) bond motifs is 1. The molecule has 0 bridgehead atoms. The standard InChI is InChI=1S/C18H24N4O3/c1-5-21(6-2)16(24)10-20(4)15(23)11-22-12-19-17-13(3)8-7-9-14(17)18(22)25/h7-9,12H,5-6,10-11H2,1-4H3. The Morgan fingerprint density at radius 2 is 1.84 bits per heavy atom. The van der Waals surface area contributed by atoms with Crippen molar-refractivity contribution < 1.29 is 9.59 Å². The van der Waals surface area contributed by atoms with Gasteiger partial charge in [0.1, 0.15) is 6.54 Å². The van der Waals surface area contributed by atoms with E-state index in [1.54, 1.807) is 24.1 Å². The lowest BCUT2D eigenvalue weighted by Crippen LogP contribution is -2.42. The molecule has 0 saturated carbocycles. The Kier molecular flexibility index (Phi) is 5.90. The summed E-state index contributed by atoms with van der Waals surface area (Å²) >= 11 is 0. The van der Waals surface area contributed by atoms with E-state index in [0.717, 1.165) is 5.56 Å². The number of carbonyl (C=O) groups is 2. The summed E-state index contributed by atoms with van der Waals surface area (Å²) in [6, 6.07) is 5.38. The molecule has 0 aliphatic carbocycles. The number of hydrogen-bond donors (Lipinski definition) is 0. The molecule has 0 radical (unpaired) electrons. The maximum absolute atomic E-state index is 12.5. The van der Waals surface area contributed by atoms with Gasteiger partial charge < -0.3 is 9.80 Å². The SMILES string of the molecule is CCN(CC)C(=O)CN(C)C(=O)Cn1cnc2c(C)cccc2c1=O. The largest absolute Gasteiger partial charge is 0.342 e. The van der Waals surface area contributed by atoms with Gasteiger partial charge in [0.2, 0.25) is 11.8 Å². The third-order valence-corrected chi connectivity index (χ3v) is 4.28. The Hall–Kier alpha value is -2.70. The van der Waals surface area contributed by atoms with Crippen LogP contribution in [0.4, 0.5) is 0 Å². The van der Waals surface area contributed by atoms with E-state index in [2.05, 4.69) is 4.98 Å². The average Bonchev–Trinajstić information content (AvgIpc) is 2.59. The predicted octanol–water partition coefficient (Wildman–Crippen LogP) is 1.03. The average molecular weight is 344 g/mol. The Labute approximate surface area is 146 Å². The molecular weight excluding hydrogens is 320 g/mol. The molecule has 0 saturated heterocycles. The zero-order valence-corrected chi connectivity index (χ0v) is 15.2. The Morgan fingerprint density at radius 1 is 1.16 bits per heavy atom. The molecule has 25 heavy (non-hydrogen) atoms. The molecule has 2 amide bonds. The van der Waals surface area contributed by atoms with Gasteiger partial charge in [0.25, 0.3) is 5.56 Å². The fourth-order valence-electron chi connectivity index (χ4n) is 2.68. The fourth-order valence-corrected chi connectivity index (χ4v) is 2.68. The van der Waals surface area contributed by atoms with Crippen LogP contribution in [0.1, 0.15) is 19.4 Å². The van der Waals surface area contributed by atoms with Gasteiger partial charge in [0.05, 0.1) is 23.8 Å². The molecule has 0 aliphatic rings. The summed E-state index contributed by atoms with van der Waals surface area (Å²) in [7, 11) is 1.56. The van der Waals surface area contributed by atoms with Crippen molar-refractivity contribution in [3.05, 3.63) is 40.4 Å². The van der Waals surface area contributed by atoms with Crippen molar-refractivity contribution in [2.24, 2.45) is 0 Å². The molecule has 1 heterocycles. The van der Waals surface area contributed by atoms with Crippen molar-refractivity contribution in [1.82, 2.24) is 19.4 Å². The monoisotopic (exact) mass is 344 g/mol. The number of nitrogens with zero attached hydrogens (tertiary/aromatic N) is 4. The molecule has 0 aliphatic heterocycles. The Balaban J connectivity index is 2.15. The molecule has 0 unspecified atom stereocenters. The second-order valence-electron chi connectivity index (χ2n) is 5.96. The lowest BCUT2D eigenvalue weighted by Gasteiger charge is -2.23. The molecule has 1 aromatic heterocycles. The summed E-state index contributed by atoms with van der Waals surface area (Å²) in [6.07, 6.45) is 1.38. The molecule has 0 atom stereocenters. The number of rotatable bonds is 6. The zero-order chi connectivity index (χ0) is 18.6. The van der Waals surface area contributed by atoms with Gasteiger partial charge in [-0.15, -0.1) is 0 Å². The first kappa shape index (κ1) is 18.6. The maximum Gasteiger partial charge on any atom is 0.261 e. The van der Waals surface area contributed by atoms with Crippen LogP contribution >= 0.6 is 0 Å². The molecule has 1 aromatic carbocycles. The van der Waals surface area contributed by atoms with Gasteiger partial charge in [0, 0.05) is 20.1 Å². The van der Waals surface area contributed by atoms with Gasteiger partial charge in [-0.1, -0.05) is 12.1 Å². The van der Waals surface area contributed by atoms with Crippen molar-refractivity contribution in [2.45, 2.75) is 27.3 Å². The molecular formula is C18H24N4O3. The van der Waals surface area contributed by atoms with Gasteiger partial charge in [-0.05, 0) is 32.4 Å². The van der Waals surface area contributed by atoms with Crippen molar-refractivity contribution in [1.29, 1.82) is 0 Å². The van der Waals surface area contributed by atoms with Crippen molar-refractivity contribution in [2.75, 3.05) is 26.7 Å². The molecule has 7 nitrogen and oxygen atoms in total. The molecule has 7 heteroatoms. The minimum atomic E-state index is -0.309. The van der Waals surface area contributed by atoms with Gasteiger partial charge in [-0.2, -0.15) is 0 Å². The second kappa shape index (κ2) is 7.92. The van der Waals surface area contributed by atoms with Crippen LogP contribution in [0.2, 0.25) is 0 Å². The number of benzene rings is 1. The van der Waals surface area contributed by atoms with E-state index in [4.69, 9.17) is 0 Å². The number of likely N-dealkylation sites (N-methyl/N-ethyl adjacent to an activating group) is 2. The van der Waals surface area contributed by atoms with Crippen molar-refractivity contribution in [3.63, 3.8) is 0 Å². The van der Waals surface area contributed by atoms with E-state index in [9.17, 15) is 14.4 Å². The highest BCUT2D eigenvalue weighted by Crippen LogP contribution is 2.11. The summed E-state index contributed by atoms with van der Waals surface area (Å²) in [4.78, 5) is 44.3. The number of amides is 2. The molecule has 0 fully saturated rings. The van der Waals surface area contributed by atoms with Crippen LogP contribution in [0.15, 0.2) is 29.3 Å². The first-order chi connectivity index (χ1) is 11.9. The number of carbonyl (C=O) groups excluding carboxylic acids is 2. The lowest BCUT2D eigenvalue weighted by atomic mass is 10.1. The van der Waals surface area contributed by atoms with Crippen LogP contribution in [-0.2, 0) is 16.1 Å². The van der Waals surface area contributed by atoms with E-state index < -0.39 is 0 Å². The quantitative estimate of drug-likeness (QED) is 0.784. The van der Waals surface area contributed by atoms with Gasteiger partial charge in [-0.3, -0.25) is 19.0 Å². The van der Waals surface area contributed by atoms with Gasteiger partial charge >= 0.3 is 0 Å². The molecule has 2 rings (SSSR count). The summed E-state index contributed by atoms with van der Waals surface area (Å²) in [5.41, 5.74) is 1.29. The lowest BCUT2D eigenvalue weighted by molar-refractivity contribution is -0.139. The van der Waals surface area contributed by atoms with Gasteiger partial charge in [0.15, 0.2) is 0 Å². The number of aryl methyl sites for hydroxylation is 1. The Morgan fingerprint density at radius 3 is 2.48 bits per heavy atom. The van der Waals surface area contributed by atoms with Crippen LogP contribution < -0.4 is 5.56 Å². The van der Waals surface area contributed by atoms with E-state index >= 15 is 0 Å². The van der Waals surface area contributed by atoms with E-state index in [-0.39, 0.29) is 30.5 Å². The number of hydrogen-bond acceptors (Lipinski definition) is 4. The highest BCUT2D eigenvalue weighted by Gasteiger charge is 2.17. The summed E-state index contributed by atoms with van der Waals surface area (Å²) in [6.45, 7) is 6.73. The van der Waals surface area contributed by atoms with Crippen molar-refractivity contribution >= 4 is 22.7 Å². The first-order valence-corrected chi connectivity index (χ1v) is 8.35. The third-order valence-electron chi connectivity index (χ3n) is 4.28. The van der Waals surface area contributed by atoms with Crippen LogP contribution in [0.25, 0.3) is 10.9 Å². The van der Waals surface area contributed by atoms with Crippen molar-refractivity contribution in [3.8, 4) is 0 Å². The molecule has 0 spiro atoms. The number of aromatic nitrogens is 2. The molecule has 0 N–H and O–H groups in total. The van der Waals surface area contributed by atoms with Crippen LogP contribution in [0.5, 0.6) is 0 Å². The topological polar surface area (TPSA) is 75.5 Å². The molecule has 134 valence electrons. The fraction of sp³-hybridized carbons (Fsp3) is 0.444. The van der Waals surface area contributed by atoms with Crippen LogP contribution in [0.3, 0.4) is 0 Å². The highest BCUT2D eigenvalue weighted by atomic mass is 16.2. The normalized spacial score (nSPS) is 10.7. The zero-order valence-electron chi connectivity index (χ0n) is 15.2. The minimum Gasteiger partial charge on any atom is -0.342 e. The maximum atomic E-state index is 12.5. The first-order valence-electron chi connectivity index (χ1n) is 8.35. The highest BCUT2D eigenvalue weighted by molar-refractivity contribution is 5.85. The van der Waals surface area contributed by atoms with Crippen LogP contribution in [-0.4, -0.2) is 57.8 Å². The predicted molar refractivity (Wildman–Crippen MR) is 96.3 cm³/mol. The minimum absolute atomic E-state index is 0.00458. The summed E-state index contributed by atoms with van der Waals surface area (Å²) in [5.74, 6) is -0.420. The van der Waals surface area contributed by atoms with Crippen LogP contribution in [0, 0.1) is 6.92 Å². The van der Waals surface area contributed by atoms with E-state index in [1.165, 1.54) is 15.8 Å². The smallest absolute Gasteiger partial charge is 0.261 e. The molecule has 2 aromatic rings. The van der Waals surface area contributed by atoms with Gasteiger partial charge in [-0.25, -0.2) is 4.98 Å². The second-order valence-corrected chi connectivity index (χ2v) is 5.96. The summed E-state index contributed by atoms with van der Waals surface area (Å²) in [5, 5.41) is 0.483.